The molecule has 2 aromatic carbocycles. The van der Waals surface area contributed by atoms with Gasteiger partial charge >= 0.3 is 0 Å². The van der Waals surface area contributed by atoms with Crippen molar-refractivity contribution in [2.75, 3.05) is 5.43 Å². The molecule has 0 saturated carbocycles. The summed E-state index contributed by atoms with van der Waals surface area (Å²) in [5.74, 6) is 0.799. The number of thioether (sulfide) groups is 1. The molecule has 1 aliphatic rings. The predicted octanol–water partition coefficient (Wildman–Crippen LogP) is 5.54. The second kappa shape index (κ2) is 6.49. The van der Waals surface area contributed by atoms with Crippen molar-refractivity contribution in [2.24, 2.45) is 0 Å². The van der Waals surface area contributed by atoms with Gasteiger partial charge in [0.15, 0.2) is 5.82 Å². The van der Waals surface area contributed by atoms with E-state index in [0.717, 1.165) is 32.8 Å². The van der Waals surface area contributed by atoms with Crippen LogP contribution >= 0.6 is 23.4 Å². The third-order valence-electron chi connectivity index (χ3n) is 4.31. The normalized spacial score (nSPS) is 13.8. The lowest BCUT2D eigenvalue weighted by Crippen LogP contribution is -2.18. The number of aromatic nitrogens is 3. The molecular formula is C20H19ClN4S. The number of halogens is 1. The fourth-order valence-electron chi connectivity index (χ4n) is 2.77. The van der Waals surface area contributed by atoms with E-state index in [9.17, 15) is 0 Å². The van der Waals surface area contributed by atoms with Crippen molar-refractivity contribution in [3.63, 3.8) is 0 Å². The third-order valence-corrected chi connectivity index (χ3v) is 5.39. The lowest BCUT2D eigenvalue weighted by molar-refractivity contribution is 0.590. The van der Waals surface area contributed by atoms with E-state index in [0.29, 0.717) is 0 Å². The standard InChI is InChI=1S/C20H19ClN4S/c1-20(2,3)15-8-4-14(5-9-15)18-22-23-19-25(18)24-17(12-26-19)13-6-10-16(21)11-7-13/h4-12,24H,1-3H3. The Morgan fingerprint density at radius 1 is 0.923 bits per heavy atom. The predicted molar refractivity (Wildman–Crippen MR) is 109 cm³/mol. The van der Waals surface area contributed by atoms with Crippen LogP contribution in [0.1, 0.15) is 31.9 Å². The molecule has 26 heavy (non-hydrogen) atoms. The minimum atomic E-state index is 0.126. The van der Waals surface area contributed by atoms with Gasteiger partial charge in [-0.3, -0.25) is 5.43 Å². The Morgan fingerprint density at radius 2 is 1.58 bits per heavy atom. The summed E-state index contributed by atoms with van der Waals surface area (Å²) in [6.45, 7) is 6.63. The Hall–Kier alpha value is -2.24. The van der Waals surface area contributed by atoms with Gasteiger partial charge in [0.05, 0.1) is 5.70 Å². The summed E-state index contributed by atoms with van der Waals surface area (Å²) < 4.78 is 1.93. The molecule has 1 N–H and O–H groups in total. The van der Waals surface area contributed by atoms with E-state index in [4.69, 9.17) is 11.6 Å². The van der Waals surface area contributed by atoms with Crippen LogP contribution in [0.3, 0.4) is 0 Å². The SMILES string of the molecule is CC(C)(C)c1ccc(-c2nnc3n2NC(c2ccc(Cl)cc2)=CS3)cc1. The number of hydrogen-bond acceptors (Lipinski definition) is 4. The summed E-state index contributed by atoms with van der Waals surface area (Å²) in [6.07, 6.45) is 0. The molecule has 4 rings (SSSR count). The Kier molecular flexibility index (Phi) is 4.29. The zero-order valence-electron chi connectivity index (χ0n) is 14.8. The number of benzene rings is 2. The Bertz CT molecular complexity index is 967. The summed E-state index contributed by atoms with van der Waals surface area (Å²) in [5.41, 5.74) is 7.92. The number of nitrogens with zero attached hydrogens (tertiary/aromatic N) is 3. The minimum absolute atomic E-state index is 0.126. The van der Waals surface area contributed by atoms with Crippen molar-refractivity contribution in [2.45, 2.75) is 31.3 Å². The van der Waals surface area contributed by atoms with Crippen LogP contribution in [0, 0.1) is 0 Å². The first kappa shape index (κ1) is 17.2. The average Bonchev–Trinajstić information content (AvgIpc) is 3.05. The first-order valence-electron chi connectivity index (χ1n) is 8.38. The Labute approximate surface area is 162 Å². The zero-order valence-corrected chi connectivity index (χ0v) is 16.4. The second-order valence-electron chi connectivity index (χ2n) is 7.24. The summed E-state index contributed by atoms with van der Waals surface area (Å²) in [6, 6.07) is 16.3. The molecule has 2 heterocycles. The monoisotopic (exact) mass is 382 g/mol. The first-order valence-corrected chi connectivity index (χ1v) is 9.64. The van der Waals surface area contributed by atoms with Gasteiger partial charge in [-0.2, -0.15) is 0 Å². The molecule has 0 amide bonds. The van der Waals surface area contributed by atoms with E-state index in [2.05, 4.69) is 60.7 Å². The van der Waals surface area contributed by atoms with E-state index in [1.807, 2.05) is 34.3 Å². The molecule has 0 bridgehead atoms. The molecular weight excluding hydrogens is 364 g/mol. The highest BCUT2D eigenvalue weighted by atomic mass is 35.5. The van der Waals surface area contributed by atoms with Gasteiger partial charge < -0.3 is 0 Å². The van der Waals surface area contributed by atoms with Crippen LogP contribution < -0.4 is 5.43 Å². The van der Waals surface area contributed by atoms with Crippen molar-refractivity contribution in [1.82, 2.24) is 14.9 Å². The molecule has 0 fully saturated rings. The lowest BCUT2D eigenvalue weighted by atomic mass is 9.87. The molecule has 0 radical (unpaired) electrons. The minimum Gasteiger partial charge on any atom is -0.289 e. The smallest absolute Gasteiger partial charge is 0.214 e. The van der Waals surface area contributed by atoms with Gasteiger partial charge in [-0.05, 0) is 23.1 Å². The maximum atomic E-state index is 5.99. The molecule has 0 spiro atoms. The summed E-state index contributed by atoms with van der Waals surface area (Å²) in [7, 11) is 0. The van der Waals surface area contributed by atoms with Gasteiger partial charge in [0.1, 0.15) is 0 Å². The zero-order chi connectivity index (χ0) is 18.3. The number of fused-ring (bicyclic) bond motifs is 1. The maximum absolute atomic E-state index is 5.99. The number of hydrogen-bond donors (Lipinski definition) is 1. The molecule has 6 heteroatoms. The van der Waals surface area contributed by atoms with Crippen LogP contribution in [0.2, 0.25) is 5.02 Å². The van der Waals surface area contributed by atoms with Gasteiger partial charge in [0, 0.05) is 21.6 Å². The fourth-order valence-corrected chi connectivity index (χ4v) is 3.64. The highest BCUT2D eigenvalue weighted by Crippen LogP contribution is 2.32. The van der Waals surface area contributed by atoms with Gasteiger partial charge in [0.25, 0.3) is 0 Å². The third kappa shape index (κ3) is 3.24. The summed E-state index contributed by atoms with van der Waals surface area (Å²) in [4.78, 5) is 0. The van der Waals surface area contributed by atoms with Crippen LogP contribution in [-0.2, 0) is 5.41 Å². The largest absolute Gasteiger partial charge is 0.289 e. The van der Waals surface area contributed by atoms with Gasteiger partial charge in [-0.15, -0.1) is 10.2 Å². The van der Waals surface area contributed by atoms with Crippen molar-refractivity contribution in [1.29, 1.82) is 0 Å². The summed E-state index contributed by atoms with van der Waals surface area (Å²) in [5, 5.41) is 12.3. The van der Waals surface area contributed by atoms with Gasteiger partial charge in [-0.1, -0.05) is 80.5 Å². The quantitative estimate of drug-likeness (QED) is 0.631. The van der Waals surface area contributed by atoms with Crippen molar-refractivity contribution < 1.29 is 0 Å². The molecule has 0 atom stereocenters. The van der Waals surface area contributed by atoms with E-state index < -0.39 is 0 Å². The molecule has 0 aliphatic carbocycles. The average molecular weight is 383 g/mol. The first-order chi connectivity index (χ1) is 12.4. The maximum Gasteiger partial charge on any atom is 0.214 e. The summed E-state index contributed by atoms with van der Waals surface area (Å²) >= 11 is 7.54. The van der Waals surface area contributed by atoms with Crippen molar-refractivity contribution in [3.8, 4) is 11.4 Å². The molecule has 0 unspecified atom stereocenters. The fraction of sp³-hybridized carbons (Fsp3) is 0.200. The molecule has 0 saturated heterocycles. The van der Waals surface area contributed by atoms with Crippen LogP contribution in [0.5, 0.6) is 0 Å². The molecule has 1 aromatic heterocycles. The topological polar surface area (TPSA) is 42.7 Å². The van der Waals surface area contributed by atoms with Crippen LogP contribution in [0.15, 0.2) is 59.1 Å². The van der Waals surface area contributed by atoms with Crippen LogP contribution in [0.25, 0.3) is 17.1 Å². The molecule has 4 nitrogen and oxygen atoms in total. The van der Waals surface area contributed by atoms with Crippen molar-refractivity contribution >= 4 is 29.1 Å². The van der Waals surface area contributed by atoms with Gasteiger partial charge in [-0.25, -0.2) is 4.68 Å². The van der Waals surface area contributed by atoms with E-state index in [-0.39, 0.29) is 5.41 Å². The highest BCUT2D eigenvalue weighted by Gasteiger charge is 2.20. The van der Waals surface area contributed by atoms with Crippen LogP contribution in [0.4, 0.5) is 0 Å². The van der Waals surface area contributed by atoms with Crippen LogP contribution in [-0.4, -0.2) is 14.9 Å². The number of nitrogens with one attached hydrogen (secondary N) is 1. The lowest BCUT2D eigenvalue weighted by Gasteiger charge is -2.20. The molecule has 132 valence electrons. The van der Waals surface area contributed by atoms with Gasteiger partial charge in [0.2, 0.25) is 5.16 Å². The molecule has 3 aromatic rings. The highest BCUT2D eigenvalue weighted by molar-refractivity contribution is 8.02. The van der Waals surface area contributed by atoms with E-state index >= 15 is 0 Å². The Balaban J connectivity index is 1.65. The van der Waals surface area contributed by atoms with Crippen molar-refractivity contribution in [3.05, 3.63) is 70.1 Å². The van der Waals surface area contributed by atoms with E-state index in [1.54, 1.807) is 11.8 Å². The molecule has 1 aliphatic heterocycles. The second-order valence-corrected chi connectivity index (χ2v) is 8.51. The Morgan fingerprint density at radius 3 is 2.23 bits per heavy atom. The number of rotatable bonds is 2. The van der Waals surface area contributed by atoms with E-state index in [1.165, 1.54) is 5.56 Å².